The molecule has 0 heterocycles. The highest BCUT2D eigenvalue weighted by Crippen LogP contribution is 2.24. The maximum absolute atomic E-state index is 12.0. The fraction of sp³-hybridized carbons (Fsp3) is 0.364. The molecule has 0 saturated heterocycles. The number of alkyl halides is 3. The van der Waals surface area contributed by atoms with Crippen LogP contribution in [0.4, 0.5) is 13.2 Å². The van der Waals surface area contributed by atoms with Crippen LogP contribution in [0.25, 0.3) is 0 Å². The van der Waals surface area contributed by atoms with Crippen LogP contribution >= 0.6 is 0 Å². The van der Waals surface area contributed by atoms with Crippen molar-refractivity contribution in [3.05, 3.63) is 29.8 Å². The molecule has 1 amide bonds. The first kappa shape index (κ1) is 13.3. The van der Waals surface area contributed by atoms with Gasteiger partial charge >= 0.3 is 6.36 Å². The van der Waals surface area contributed by atoms with E-state index >= 15 is 0 Å². The summed E-state index contributed by atoms with van der Waals surface area (Å²) in [7, 11) is 0. The van der Waals surface area contributed by atoms with Gasteiger partial charge in [0.25, 0.3) is 0 Å². The molecule has 0 saturated carbocycles. The smallest absolute Gasteiger partial charge is 0.406 e. The molecule has 0 aliphatic heterocycles. The van der Waals surface area contributed by atoms with E-state index < -0.39 is 18.2 Å². The summed E-state index contributed by atoms with van der Waals surface area (Å²) < 4.78 is 39.7. The van der Waals surface area contributed by atoms with Crippen LogP contribution < -0.4 is 10.5 Å². The molecule has 0 aliphatic rings. The predicted octanol–water partition coefficient (Wildman–Crippen LogP) is 2.25. The number of carbonyl (C=O) groups is 1. The first-order chi connectivity index (χ1) is 7.78. The Morgan fingerprint density at radius 3 is 2.65 bits per heavy atom. The topological polar surface area (TPSA) is 52.3 Å². The van der Waals surface area contributed by atoms with E-state index in [4.69, 9.17) is 5.73 Å². The first-order valence-electron chi connectivity index (χ1n) is 4.92. The molecule has 94 valence electrons. The minimum absolute atomic E-state index is 0.282. The van der Waals surface area contributed by atoms with Crippen molar-refractivity contribution in [2.24, 2.45) is 11.7 Å². The summed E-state index contributed by atoms with van der Waals surface area (Å²) in [5.41, 5.74) is 5.64. The van der Waals surface area contributed by atoms with Gasteiger partial charge in [0.15, 0.2) is 0 Å². The lowest BCUT2D eigenvalue weighted by Gasteiger charge is -2.11. The largest absolute Gasteiger partial charge is 0.573 e. The van der Waals surface area contributed by atoms with Crippen molar-refractivity contribution >= 4 is 5.91 Å². The summed E-state index contributed by atoms with van der Waals surface area (Å²) in [6.45, 7) is 1.61. The van der Waals surface area contributed by atoms with E-state index in [1.54, 1.807) is 13.0 Å². The van der Waals surface area contributed by atoms with E-state index in [2.05, 4.69) is 4.74 Å². The van der Waals surface area contributed by atoms with Crippen LogP contribution in [-0.2, 0) is 11.2 Å². The second kappa shape index (κ2) is 5.07. The van der Waals surface area contributed by atoms with Gasteiger partial charge in [0.05, 0.1) is 0 Å². The maximum Gasteiger partial charge on any atom is 0.573 e. The normalized spacial score (nSPS) is 13.2. The predicted molar refractivity (Wildman–Crippen MR) is 55.2 cm³/mol. The molecule has 1 unspecified atom stereocenters. The second-order valence-electron chi connectivity index (χ2n) is 3.70. The highest BCUT2D eigenvalue weighted by Gasteiger charge is 2.31. The number of halogens is 3. The minimum atomic E-state index is -4.71. The average Bonchev–Trinajstić information content (AvgIpc) is 2.15. The van der Waals surface area contributed by atoms with E-state index in [0.29, 0.717) is 5.56 Å². The maximum atomic E-state index is 12.0. The molecule has 0 bridgehead atoms. The van der Waals surface area contributed by atoms with Crippen molar-refractivity contribution < 1.29 is 22.7 Å². The van der Waals surface area contributed by atoms with Crippen LogP contribution in [0.2, 0.25) is 0 Å². The number of rotatable bonds is 4. The lowest BCUT2D eigenvalue weighted by atomic mass is 10.0. The zero-order chi connectivity index (χ0) is 13.1. The number of ether oxygens (including phenoxy) is 1. The third kappa shape index (κ3) is 4.76. The molecule has 0 spiro atoms. The fourth-order valence-corrected chi connectivity index (χ4v) is 1.32. The fourth-order valence-electron chi connectivity index (χ4n) is 1.32. The zero-order valence-corrected chi connectivity index (χ0v) is 9.12. The van der Waals surface area contributed by atoms with Crippen molar-refractivity contribution in [1.29, 1.82) is 0 Å². The molecule has 0 radical (unpaired) electrons. The van der Waals surface area contributed by atoms with Crippen LogP contribution in [0.15, 0.2) is 24.3 Å². The van der Waals surface area contributed by atoms with Crippen molar-refractivity contribution in [2.45, 2.75) is 19.7 Å². The third-order valence-electron chi connectivity index (χ3n) is 2.16. The van der Waals surface area contributed by atoms with Crippen LogP contribution in [0, 0.1) is 5.92 Å². The van der Waals surface area contributed by atoms with E-state index in [9.17, 15) is 18.0 Å². The lowest BCUT2D eigenvalue weighted by molar-refractivity contribution is -0.274. The molecule has 6 heteroatoms. The Labute approximate surface area is 96.4 Å². The summed E-state index contributed by atoms with van der Waals surface area (Å²) in [4.78, 5) is 10.8. The van der Waals surface area contributed by atoms with E-state index in [0.717, 1.165) is 0 Å². The Morgan fingerprint density at radius 2 is 2.12 bits per heavy atom. The van der Waals surface area contributed by atoms with Crippen LogP contribution in [0.1, 0.15) is 12.5 Å². The lowest BCUT2D eigenvalue weighted by Crippen LogP contribution is -2.22. The zero-order valence-electron chi connectivity index (χ0n) is 9.12. The molecule has 0 fully saturated rings. The van der Waals surface area contributed by atoms with Gasteiger partial charge in [0.2, 0.25) is 5.91 Å². The number of amides is 1. The molecule has 0 aromatic heterocycles. The van der Waals surface area contributed by atoms with Gasteiger partial charge in [-0.25, -0.2) is 0 Å². The van der Waals surface area contributed by atoms with Gasteiger partial charge < -0.3 is 10.5 Å². The van der Waals surface area contributed by atoms with Gasteiger partial charge in [0, 0.05) is 5.92 Å². The molecule has 3 nitrogen and oxygen atoms in total. The Hall–Kier alpha value is -1.72. The summed E-state index contributed by atoms with van der Waals surface area (Å²) in [6.07, 6.45) is -4.43. The van der Waals surface area contributed by atoms with Crippen LogP contribution in [0.3, 0.4) is 0 Å². The summed E-state index contributed by atoms with van der Waals surface area (Å²) in [5.74, 6) is -1.23. The average molecular weight is 247 g/mol. The molecular weight excluding hydrogens is 235 g/mol. The van der Waals surface area contributed by atoms with Crippen LogP contribution in [-0.4, -0.2) is 12.3 Å². The van der Waals surface area contributed by atoms with E-state index in [-0.39, 0.29) is 12.2 Å². The monoisotopic (exact) mass is 247 g/mol. The molecular formula is C11H12F3NO2. The van der Waals surface area contributed by atoms with Gasteiger partial charge in [-0.3, -0.25) is 4.79 Å². The minimum Gasteiger partial charge on any atom is -0.406 e. The summed E-state index contributed by atoms with van der Waals surface area (Å²) >= 11 is 0. The standard InChI is InChI=1S/C11H12F3NO2/c1-7(10(15)16)5-8-3-2-4-9(6-8)17-11(12,13)14/h2-4,6-7H,5H2,1H3,(H2,15,16). The van der Waals surface area contributed by atoms with Gasteiger partial charge in [0.1, 0.15) is 5.75 Å². The quantitative estimate of drug-likeness (QED) is 0.887. The number of primary amides is 1. The van der Waals surface area contributed by atoms with Gasteiger partial charge in [-0.05, 0) is 24.1 Å². The van der Waals surface area contributed by atoms with Gasteiger partial charge in [-0.2, -0.15) is 0 Å². The number of nitrogens with two attached hydrogens (primary N) is 1. The third-order valence-corrected chi connectivity index (χ3v) is 2.16. The highest BCUT2D eigenvalue weighted by atomic mass is 19.4. The Bertz CT molecular complexity index is 404. The Kier molecular flexibility index (Phi) is 3.98. The molecule has 17 heavy (non-hydrogen) atoms. The molecule has 1 rings (SSSR count). The van der Waals surface area contributed by atoms with Crippen molar-refractivity contribution in [3.8, 4) is 5.75 Å². The molecule has 0 aliphatic carbocycles. The molecule has 1 aromatic rings. The number of hydrogen-bond acceptors (Lipinski definition) is 2. The van der Waals surface area contributed by atoms with Crippen LogP contribution in [0.5, 0.6) is 5.75 Å². The number of hydrogen-bond donors (Lipinski definition) is 1. The molecule has 1 aromatic carbocycles. The van der Waals surface area contributed by atoms with Crippen molar-refractivity contribution in [3.63, 3.8) is 0 Å². The Balaban J connectivity index is 2.76. The van der Waals surface area contributed by atoms with Gasteiger partial charge in [-0.15, -0.1) is 13.2 Å². The summed E-state index contributed by atoms with van der Waals surface area (Å²) in [6, 6.07) is 5.49. The van der Waals surface area contributed by atoms with E-state index in [1.807, 2.05) is 0 Å². The SMILES string of the molecule is CC(Cc1cccc(OC(F)(F)F)c1)C(N)=O. The van der Waals surface area contributed by atoms with Gasteiger partial charge in [-0.1, -0.05) is 19.1 Å². The van der Waals surface area contributed by atoms with E-state index in [1.165, 1.54) is 18.2 Å². The Morgan fingerprint density at radius 1 is 1.47 bits per heavy atom. The number of carbonyl (C=O) groups excluding carboxylic acids is 1. The summed E-state index contributed by atoms with van der Waals surface area (Å²) in [5, 5.41) is 0. The second-order valence-corrected chi connectivity index (χ2v) is 3.70. The first-order valence-corrected chi connectivity index (χ1v) is 4.92. The van der Waals surface area contributed by atoms with Crippen molar-refractivity contribution in [1.82, 2.24) is 0 Å². The molecule has 2 N–H and O–H groups in total. The number of benzene rings is 1. The highest BCUT2D eigenvalue weighted by molar-refractivity contribution is 5.76. The van der Waals surface area contributed by atoms with Crippen molar-refractivity contribution in [2.75, 3.05) is 0 Å². The molecule has 1 atom stereocenters.